The zero-order valence-electron chi connectivity index (χ0n) is 15.5. The van der Waals surface area contributed by atoms with Gasteiger partial charge in [-0.25, -0.2) is 0 Å². The molecule has 2 aliphatic heterocycles. The monoisotopic (exact) mass is 344 g/mol. The van der Waals surface area contributed by atoms with Crippen molar-refractivity contribution in [2.24, 2.45) is 5.92 Å². The number of piperidine rings is 1. The number of ether oxygens (including phenoxy) is 1. The van der Waals surface area contributed by atoms with Crippen molar-refractivity contribution in [3.63, 3.8) is 0 Å². The molecule has 1 saturated heterocycles. The van der Waals surface area contributed by atoms with Crippen LogP contribution in [0, 0.1) is 5.92 Å². The molecule has 25 heavy (non-hydrogen) atoms. The van der Waals surface area contributed by atoms with E-state index in [1.807, 2.05) is 24.3 Å². The normalized spacial score (nSPS) is 21.2. The molecule has 1 atom stereocenters. The lowest BCUT2D eigenvalue weighted by atomic mass is 9.91. The summed E-state index contributed by atoms with van der Waals surface area (Å²) in [6.07, 6.45) is 9.62. The number of carbonyl (C=O) groups is 1. The highest BCUT2D eigenvalue weighted by molar-refractivity contribution is 5.72. The van der Waals surface area contributed by atoms with Gasteiger partial charge in [0.2, 0.25) is 6.23 Å². The molecule has 3 rings (SSSR count). The first kappa shape index (κ1) is 18.2. The summed E-state index contributed by atoms with van der Waals surface area (Å²) in [5, 5.41) is 0. The highest BCUT2D eigenvalue weighted by atomic mass is 16.5. The van der Waals surface area contributed by atoms with E-state index in [1.165, 1.54) is 58.2 Å². The van der Waals surface area contributed by atoms with Gasteiger partial charge in [-0.1, -0.05) is 38.3 Å². The Morgan fingerprint density at radius 1 is 1.12 bits per heavy atom. The van der Waals surface area contributed by atoms with Crippen LogP contribution in [0.15, 0.2) is 24.3 Å². The second-order valence-electron chi connectivity index (χ2n) is 7.44. The number of fused-ring (bicyclic) bond motifs is 1. The number of para-hydroxylation sites is 2. The molecule has 4 heteroatoms. The smallest absolute Gasteiger partial charge is 0.229 e. The van der Waals surface area contributed by atoms with Gasteiger partial charge in [-0.15, -0.1) is 0 Å². The van der Waals surface area contributed by atoms with Crippen molar-refractivity contribution < 1.29 is 9.53 Å². The summed E-state index contributed by atoms with van der Waals surface area (Å²) in [7, 11) is 0. The molecule has 0 spiro atoms. The molecule has 138 valence electrons. The van der Waals surface area contributed by atoms with Crippen LogP contribution < -0.4 is 9.64 Å². The molecule has 1 unspecified atom stereocenters. The van der Waals surface area contributed by atoms with E-state index in [-0.39, 0.29) is 0 Å². The van der Waals surface area contributed by atoms with Crippen LogP contribution in [-0.2, 0) is 4.79 Å². The maximum atomic E-state index is 11.3. The Balaban J connectivity index is 1.37. The second kappa shape index (κ2) is 9.23. The molecule has 0 radical (unpaired) electrons. The number of benzene rings is 1. The van der Waals surface area contributed by atoms with E-state index in [2.05, 4.69) is 16.7 Å². The summed E-state index contributed by atoms with van der Waals surface area (Å²) in [6, 6.07) is 7.94. The number of unbranched alkanes of at least 4 members (excludes halogenated alkanes) is 2. The summed E-state index contributed by atoms with van der Waals surface area (Å²) in [6.45, 7) is 6.88. The lowest BCUT2D eigenvalue weighted by Gasteiger charge is -2.32. The molecule has 0 aromatic heterocycles. The first-order valence-electron chi connectivity index (χ1n) is 10.0. The van der Waals surface area contributed by atoms with Crippen LogP contribution in [0.1, 0.15) is 51.9 Å². The number of nitrogens with zero attached hydrogens (tertiary/aromatic N) is 2. The lowest BCUT2D eigenvalue weighted by molar-refractivity contribution is -0.113. The number of hydrogen-bond acceptors (Lipinski definition) is 4. The van der Waals surface area contributed by atoms with E-state index < -0.39 is 6.23 Å². The van der Waals surface area contributed by atoms with Gasteiger partial charge in [0.15, 0.2) is 6.29 Å². The van der Waals surface area contributed by atoms with Crippen LogP contribution >= 0.6 is 0 Å². The van der Waals surface area contributed by atoms with E-state index in [1.54, 1.807) is 0 Å². The van der Waals surface area contributed by atoms with Gasteiger partial charge in [0.1, 0.15) is 5.75 Å². The molecule has 0 saturated carbocycles. The summed E-state index contributed by atoms with van der Waals surface area (Å²) in [4.78, 5) is 16.0. The number of hydrogen-bond donors (Lipinski definition) is 0. The SMILES string of the molecule is CCCCC1CCN(CCCCN2c3ccccc3OC2C=O)CC1. The molecular formula is C21H32N2O2. The number of anilines is 1. The third-order valence-electron chi connectivity index (χ3n) is 5.64. The Bertz CT molecular complexity index is 540. The van der Waals surface area contributed by atoms with E-state index in [0.717, 1.165) is 36.6 Å². The number of carbonyl (C=O) groups excluding carboxylic acids is 1. The topological polar surface area (TPSA) is 32.8 Å². The maximum Gasteiger partial charge on any atom is 0.229 e. The van der Waals surface area contributed by atoms with Crippen molar-refractivity contribution in [2.75, 3.05) is 31.1 Å². The Hall–Kier alpha value is -1.55. The lowest BCUT2D eigenvalue weighted by Crippen LogP contribution is -2.37. The van der Waals surface area contributed by atoms with Crippen molar-refractivity contribution in [1.29, 1.82) is 0 Å². The second-order valence-corrected chi connectivity index (χ2v) is 7.44. The molecule has 1 fully saturated rings. The largest absolute Gasteiger partial charge is 0.461 e. The highest BCUT2D eigenvalue weighted by Crippen LogP contribution is 2.36. The molecule has 2 heterocycles. The first-order chi connectivity index (χ1) is 12.3. The van der Waals surface area contributed by atoms with Crippen molar-refractivity contribution in [3.05, 3.63) is 24.3 Å². The van der Waals surface area contributed by atoms with Gasteiger partial charge < -0.3 is 14.5 Å². The van der Waals surface area contributed by atoms with Gasteiger partial charge in [-0.2, -0.15) is 0 Å². The van der Waals surface area contributed by atoms with Crippen molar-refractivity contribution in [1.82, 2.24) is 4.90 Å². The third kappa shape index (κ3) is 4.75. The van der Waals surface area contributed by atoms with E-state index in [4.69, 9.17) is 4.74 Å². The maximum absolute atomic E-state index is 11.3. The minimum Gasteiger partial charge on any atom is -0.461 e. The van der Waals surface area contributed by atoms with Crippen LogP contribution in [0.5, 0.6) is 5.75 Å². The van der Waals surface area contributed by atoms with Crippen LogP contribution in [-0.4, -0.2) is 43.6 Å². The number of rotatable bonds is 9. The zero-order chi connectivity index (χ0) is 17.5. The molecule has 1 aromatic rings. The summed E-state index contributed by atoms with van der Waals surface area (Å²) < 4.78 is 5.71. The van der Waals surface area contributed by atoms with Crippen LogP contribution in [0.25, 0.3) is 0 Å². The summed E-state index contributed by atoms with van der Waals surface area (Å²) >= 11 is 0. The highest BCUT2D eigenvalue weighted by Gasteiger charge is 2.29. The Morgan fingerprint density at radius 3 is 2.64 bits per heavy atom. The molecule has 0 N–H and O–H groups in total. The number of aldehydes is 1. The average molecular weight is 344 g/mol. The first-order valence-corrected chi connectivity index (χ1v) is 10.0. The van der Waals surface area contributed by atoms with E-state index in [9.17, 15) is 4.79 Å². The van der Waals surface area contributed by atoms with E-state index >= 15 is 0 Å². The Labute approximate surface area is 152 Å². The summed E-state index contributed by atoms with van der Waals surface area (Å²) in [5.41, 5.74) is 1.05. The van der Waals surface area contributed by atoms with Gasteiger partial charge in [-0.05, 0) is 63.4 Å². The summed E-state index contributed by atoms with van der Waals surface area (Å²) in [5.74, 6) is 1.79. The molecule has 1 aromatic carbocycles. The average Bonchev–Trinajstić information content (AvgIpc) is 3.02. The van der Waals surface area contributed by atoms with Crippen molar-refractivity contribution >= 4 is 12.0 Å². The van der Waals surface area contributed by atoms with Gasteiger partial charge in [0, 0.05) is 6.54 Å². The molecule has 0 bridgehead atoms. The van der Waals surface area contributed by atoms with Crippen LogP contribution in [0.2, 0.25) is 0 Å². The van der Waals surface area contributed by atoms with Gasteiger partial charge in [0.05, 0.1) is 5.69 Å². The third-order valence-corrected chi connectivity index (χ3v) is 5.64. The Morgan fingerprint density at radius 2 is 1.88 bits per heavy atom. The number of likely N-dealkylation sites (tertiary alicyclic amines) is 1. The molecule has 0 aliphatic carbocycles. The van der Waals surface area contributed by atoms with E-state index in [0.29, 0.717) is 0 Å². The fraction of sp³-hybridized carbons (Fsp3) is 0.667. The van der Waals surface area contributed by atoms with Crippen LogP contribution in [0.4, 0.5) is 5.69 Å². The van der Waals surface area contributed by atoms with Crippen molar-refractivity contribution in [3.8, 4) is 5.75 Å². The Kier molecular flexibility index (Phi) is 6.74. The van der Waals surface area contributed by atoms with Crippen molar-refractivity contribution in [2.45, 2.75) is 58.1 Å². The fourth-order valence-electron chi connectivity index (χ4n) is 4.08. The quantitative estimate of drug-likeness (QED) is 0.499. The van der Waals surface area contributed by atoms with Gasteiger partial charge in [0.25, 0.3) is 0 Å². The van der Waals surface area contributed by atoms with Crippen LogP contribution in [0.3, 0.4) is 0 Å². The van der Waals surface area contributed by atoms with Gasteiger partial charge in [-0.3, -0.25) is 4.79 Å². The predicted molar refractivity (Wildman–Crippen MR) is 102 cm³/mol. The van der Waals surface area contributed by atoms with Gasteiger partial charge >= 0.3 is 0 Å². The molecule has 2 aliphatic rings. The minimum absolute atomic E-state index is 0.452. The fourth-order valence-corrected chi connectivity index (χ4v) is 4.08. The molecular weight excluding hydrogens is 312 g/mol. The molecule has 4 nitrogen and oxygen atoms in total. The predicted octanol–water partition coefficient (Wildman–Crippen LogP) is 4.09. The standard InChI is InChI=1S/C21H32N2O2/c1-2-3-8-18-11-15-22(16-12-18)13-6-7-14-23-19-9-4-5-10-20(19)25-21(23)17-24/h4-5,9-10,17-18,21H,2-3,6-8,11-16H2,1H3. The zero-order valence-corrected chi connectivity index (χ0v) is 15.5. The minimum atomic E-state index is -0.452. The molecule has 0 amide bonds.